The maximum Gasteiger partial charge on any atom is 0.433 e. The molecule has 1 aromatic carbocycles. The molecule has 0 bridgehead atoms. The summed E-state index contributed by atoms with van der Waals surface area (Å²) >= 11 is 6.10. The molecule has 0 saturated heterocycles. The topological polar surface area (TPSA) is 119 Å². The van der Waals surface area contributed by atoms with Crippen molar-refractivity contribution in [1.82, 2.24) is 34.7 Å². The normalized spacial score (nSPS) is 23.2. The molecule has 2 saturated carbocycles. The molecule has 1 amide bonds. The number of pyridine rings is 1. The molecule has 3 atom stereocenters. The third-order valence-electron chi connectivity index (χ3n) is 7.24. The maximum atomic E-state index is 13.5. The Balaban J connectivity index is 1.19. The summed E-state index contributed by atoms with van der Waals surface area (Å²) in [5, 5.41) is 14.9. The zero-order valence-corrected chi connectivity index (χ0v) is 20.1. The molecule has 2 aliphatic rings. The molecular formula is C23H20ClF3N8O2. The van der Waals surface area contributed by atoms with Crippen LogP contribution in [-0.4, -0.2) is 46.9 Å². The van der Waals surface area contributed by atoms with Crippen LogP contribution in [0.5, 0.6) is 0 Å². The molecule has 10 nitrogen and oxygen atoms in total. The van der Waals surface area contributed by atoms with Crippen LogP contribution in [0.2, 0.25) is 5.02 Å². The van der Waals surface area contributed by atoms with Crippen LogP contribution < -0.4 is 16.3 Å². The molecule has 6 rings (SSSR count). The number of hydrogen-bond donors (Lipinski definition) is 2. The number of alkyl halides is 3. The maximum absolute atomic E-state index is 13.5. The molecule has 0 radical (unpaired) electrons. The van der Waals surface area contributed by atoms with E-state index in [1.54, 1.807) is 6.07 Å². The first-order chi connectivity index (χ1) is 17.5. The van der Waals surface area contributed by atoms with Gasteiger partial charge in [-0.25, -0.2) is 19.2 Å². The molecule has 3 heterocycles. The van der Waals surface area contributed by atoms with Gasteiger partial charge in [0, 0.05) is 34.7 Å². The van der Waals surface area contributed by atoms with Crippen molar-refractivity contribution in [2.45, 2.75) is 43.4 Å². The Labute approximate surface area is 211 Å². The van der Waals surface area contributed by atoms with E-state index in [-0.39, 0.29) is 28.8 Å². The summed E-state index contributed by atoms with van der Waals surface area (Å²) in [7, 11) is 1.45. The molecule has 37 heavy (non-hydrogen) atoms. The molecule has 2 aliphatic carbocycles. The second-order valence-corrected chi connectivity index (χ2v) is 10.1. The molecule has 0 aliphatic heterocycles. The lowest BCUT2D eigenvalue weighted by Crippen LogP contribution is -2.43. The molecule has 3 unspecified atom stereocenters. The van der Waals surface area contributed by atoms with Crippen molar-refractivity contribution in [3.8, 4) is 0 Å². The third kappa shape index (κ3) is 4.06. The van der Waals surface area contributed by atoms with Crippen LogP contribution >= 0.6 is 11.6 Å². The SMILES string of the molecule is Cn1nnc2c(C(=O)NC34CCC(Nc5cc(C(F)(F)F)nc6ccc(Cl)cc56)CC3C4)ncn2c1=O. The molecule has 0 spiro atoms. The van der Waals surface area contributed by atoms with E-state index in [4.69, 9.17) is 11.6 Å². The van der Waals surface area contributed by atoms with Crippen molar-refractivity contribution >= 4 is 39.7 Å². The van der Waals surface area contributed by atoms with Gasteiger partial charge >= 0.3 is 11.9 Å². The Morgan fingerprint density at radius 1 is 1.27 bits per heavy atom. The average molecular weight is 533 g/mol. The van der Waals surface area contributed by atoms with Gasteiger partial charge in [-0.15, -0.1) is 5.10 Å². The lowest BCUT2D eigenvalue weighted by atomic mass is 9.90. The van der Waals surface area contributed by atoms with E-state index in [9.17, 15) is 22.8 Å². The largest absolute Gasteiger partial charge is 0.433 e. The minimum Gasteiger partial charge on any atom is -0.382 e. The minimum atomic E-state index is -4.58. The highest BCUT2D eigenvalue weighted by atomic mass is 35.5. The van der Waals surface area contributed by atoms with Gasteiger partial charge in [-0.3, -0.25) is 4.79 Å². The summed E-state index contributed by atoms with van der Waals surface area (Å²) in [6, 6.07) is 5.51. The van der Waals surface area contributed by atoms with Gasteiger partial charge in [-0.05, 0) is 55.9 Å². The first kappa shape index (κ1) is 23.6. The second-order valence-electron chi connectivity index (χ2n) is 9.62. The van der Waals surface area contributed by atoms with Gasteiger partial charge in [0.05, 0.1) is 5.52 Å². The summed E-state index contributed by atoms with van der Waals surface area (Å²) in [5.74, 6) is -0.294. The number of nitrogens with zero attached hydrogens (tertiary/aromatic N) is 6. The Kier molecular flexibility index (Phi) is 5.20. The Morgan fingerprint density at radius 2 is 2.08 bits per heavy atom. The van der Waals surface area contributed by atoms with Gasteiger partial charge in [-0.2, -0.15) is 17.9 Å². The van der Waals surface area contributed by atoms with Crippen LogP contribution in [0.25, 0.3) is 16.6 Å². The molecule has 2 N–H and O–H groups in total. The third-order valence-corrected chi connectivity index (χ3v) is 7.47. The highest BCUT2D eigenvalue weighted by molar-refractivity contribution is 6.31. The standard InChI is InChI=1S/C23H20ClF3N8O2/c1-34-21(37)35-10-28-18(19(35)32-33-34)20(36)31-22-5-4-13(6-11(22)9-22)29-16-8-17(23(25,26)27)30-15-3-2-12(24)7-14(15)16/h2-3,7-8,10-11,13H,4-6,9H2,1H3,(H,29,30)(H,31,36). The number of nitrogens with one attached hydrogen (secondary N) is 2. The van der Waals surface area contributed by atoms with Crippen LogP contribution in [-0.2, 0) is 13.2 Å². The lowest BCUT2D eigenvalue weighted by Gasteiger charge is -2.30. The predicted molar refractivity (Wildman–Crippen MR) is 127 cm³/mol. The molecule has 192 valence electrons. The number of carbonyl (C=O) groups excluding carboxylic acids is 1. The second kappa shape index (κ2) is 8.13. The molecule has 2 fully saturated rings. The number of imidazole rings is 1. The average Bonchev–Trinajstić information content (AvgIpc) is 3.36. The molecular weight excluding hydrogens is 513 g/mol. The number of fused-ring (bicyclic) bond motifs is 3. The number of aryl methyl sites for hydroxylation is 1. The van der Waals surface area contributed by atoms with Crippen LogP contribution in [0.4, 0.5) is 18.9 Å². The smallest absolute Gasteiger partial charge is 0.382 e. The van der Waals surface area contributed by atoms with Crippen molar-refractivity contribution in [2.24, 2.45) is 13.0 Å². The number of hydrogen-bond acceptors (Lipinski definition) is 7. The van der Waals surface area contributed by atoms with E-state index in [2.05, 4.69) is 30.9 Å². The van der Waals surface area contributed by atoms with E-state index in [1.165, 1.54) is 25.5 Å². The summed E-state index contributed by atoms with van der Waals surface area (Å²) in [5.41, 5.74) is -1.23. The van der Waals surface area contributed by atoms with Gasteiger partial charge < -0.3 is 10.6 Å². The van der Waals surface area contributed by atoms with Crippen molar-refractivity contribution < 1.29 is 18.0 Å². The Hall–Kier alpha value is -3.74. The van der Waals surface area contributed by atoms with Gasteiger partial charge in [0.15, 0.2) is 11.3 Å². The van der Waals surface area contributed by atoms with Crippen molar-refractivity contribution in [1.29, 1.82) is 0 Å². The lowest BCUT2D eigenvalue weighted by molar-refractivity contribution is -0.140. The number of aromatic nitrogens is 6. The number of benzene rings is 1. The highest BCUT2D eigenvalue weighted by Crippen LogP contribution is 2.54. The van der Waals surface area contributed by atoms with Crippen LogP contribution in [0.15, 0.2) is 35.4 Å². The summed E-state index contributed by atoms with van der Waals surface area (Å²) in [6.07, 6.45) is -0.671. The number of amides is 1. The van der Waals surface area contributed by atoms with Gasteiger partial charge in [0.25, 0.3) is 5.91 Å². The summed E-state index contributed by atoms with van der Waals surface area (Å²) in [4.78, 5) is 33.0. The van der Waals surface area contributed by atoms with Crippen molar-refractivity contribution in [3.05, 3.63) is 57.5 Å². The van der Waals surface area contributed by atoms with Crippen LogP contribution in [0.3, 0.4) is 0 Å². The minimum absolute atomic E-state index is 0.0188. The van der Waals surface area contributed by atoms with Crippen molar-refractivity contribution in [2.75, 3.05) is 5.32 Å². The monoisotopic (exact) mass is 532 g/mol. The first-order valence-corrected chi connectivity index (χ1v) is 12.0. The quantitative estimate of drug-likeness (QED) is 0.414. The van der Waals surface area contributed by atoms with Gasteiger partial charge in [-0.1, -0.05) is 16.8 Å². The summed E-state index contributed by atoms with van der Waals surface area (Å²) in [6.45, 7) is 0. The Morgan fingerprint density at radius 3 is 2.84 bits per heavy atom. The first-order valence-electron chi connectivity index (χ1n) is 11.6. The summed E-state index contributed by atoms with van der Waals surface area (Å²) < 4.78 is 42.6. The fraction of sp³-hybridized carbons (Fsp3) is 0.391. The highest BCUT2D eigenvalue weighted by Gasteiger charge is 2.58. The van der Waals surface area contributed by atoms with E-state index in [0.717, 1.165) is 21.6 Å². The zero-order chi connectivity index (χ0) is 26.1. The van der Waals surface area contributed by atoms with Gasteiger partial charge in [0.1, 0.15) is 12.0 Å². The van der Waals surface area contributed by atoms with E-state index in [0.29, 0.717) is 35.4 Å². The fourth-order valence-electron chi connectivity index (χ4n) is 5.24. The number of anilines is 1. The van der Waals surface area contributed by atoms with Crippen LogP contribution in [0, 0.1) is 5.92 Å². The predicted octanol–water partition coefficient (Wildman–Crippen LogP) is 3.20. The molecule has 3 aromatic heterocycles. The van der Waals surface area contributed by atoms with E-state index in [1.807, 2.05) is 0 Å². The zero-order valence-electron chi connectivity index (χ0n) is 19.4. The number of carbonyl (C=O) groups is 1. The number of rotatable bonds is 4. The molecule has 4 aromatic rings. The Bertz CT molecular complexity index is 1630. The van der Waals surface area contributed by atoms with Crippen molar-refractivity contribution in [3.63, 3.8) is 0 Å². The van der Waals surface area contributed by atoms with E-state index >= 15 is 0 Å². The fourth-order valence-corrected chi connectivity index (χ4v) is 5.42. The van der Waals surface area contributed by atoms with Gasteiger partial charge in [0.2, 0.25) is 0 Å². The molecule has 14 heteroatoms. The number of halogens is 4. The van der Waals surface area contributed by atoms with E-state index < -0.39 is 29.0 Å². The van der Waals surface area contributed by atoms with Crippen LogP contribution in [0.1, 0.15) is 41.9 Å².